The number of carbonyl (C=O) groups is 1. The van der Waals surface area contributed by atoms with E-state index in [0.29, 0.717) is 17.9 Å². The largest absolute Gasteiger partial charge is 0.462 e. The van der Waals surface area contributed by atoms with Crippen LogP contribution < -0.4 is 4.72 Å². The molecule has 0 aliphatic heterocycles. The van der Waals surface area contributed by atoms with Gasteiger partial charge in [-0.1, -0.05) is 26.0 Å². The maximum Gasteiger partial charge on any atom is 0.338 e. The number of sulfonamides is 1. The maximum absolute atomic E-state index is 12.4. The minimum Gasteiger partial charge on any atom is -0.462 e. The van der Waals surface area contributed by atoms with E-state index in [0.717, 1.165) is 18.4 Å². The number of hydrogen-bond donors (Lipinski definition) is 1. The van der Waals surface area contributed by atoms with Crippen molar-refractivity contribution >= 4 is 21.7 Å². The molecule has 2 aromatic rings. The number of ether oxygens (including phenoxy) is 1. The van der Waals surface area contributed by atoms with Crippen molar-refractivity contribution in [2.45, 2.75) is 31.6 Å². The molecule has 1 N–H and O–H groups in total. The van der Waals surface area contributed by atoms with Gasteiger partial charge in [-0.05, 0) is 54.8 Å². The summed E-state index contributed by atoms with van der Waals surface area (Å²) in [6.07, 6.45) is 1.60. The predicted octanol–water partition coefficient (Wildman–Crippen LogP) is 3.62. The highest BCUT2D eigenvalue weighted by Crippen LogP contribution is 2.18. The van der Waals surface area contributed by atoms with Crippen LogP contribution in [0.1, 0.15) is 36.2 Å². The molecule has 0 unspecified atom stereocenters. The fourth-order valence-corrected chi connectivity index (χ4v) is 3.13. The van der Waals surface area contributed by atoms with E-state index in [1.807, 2.05) is 13.8 Å². The molecule has 6 heteroatoms. The molecule has 0 atom stereocenters. The summed E-state index contributed by atoms with van der Waals surface area (Å²) in [6, 6.07) is 12.9. The lowest BCUT2D eigenvalue weighted by Crippen LogP contribution is -2.13. The van der Waals surface area contributed by atoms with Gasteiger partial charge in [0.05, 0.1) is 17.1 Å². The lowest BCUT2D eigenvalue weighted by Gasteiger charge is -2.09. The minimum absolute atomic E-state index is 0.200. The molecule has 0 saturated heterocycles. The van der Waals surface area contributed by atoms with Crippen LogP contribution in [-0.2, 0) is 21.2 Å². The van der Waals surface area contributed by atoms with E-state index in [4.69, 9.17) is 4.74 Å². The number of rotatable bonds is 7. The Bertz CT molecular complexity index is 781. The van der Waals surface area contributed by atoms with Crippen LogP contribution in [0.4, 0.5) is 5.69 Å². The zero-order chi connectivity index (χ0) is 17.6. The normalized spacial score (nSPS) is 11.1. The molecule has 0 fully saturated rings. The van der Waals surface area contributed by atoms with Gasteiger partial charge in [0.1, 0.15) is 0 Å². The topological polar surface area (TPSA) is 72.5 Å². The molecule has 0 heterocycles. The Morgan fingerprint density at radius 2 is 1.62 bits per heavy atom. The number of esters is 1. The second-order valence-corrected chi connectivity index (χ2v) is 7.00. The lowest BCUT2D eigenvalue weighted by atomic mass is 10.2. The second kappa shape index (κ2) is 7.97. The first-order valence-electron chi connectivity index (χ1n) is 7.85. The summed E-state index contributed by atoms with van der Waals surface area (Å²) in [7, 11) is -3.65. The molecule has 0 aliphatic carbocycles. The summed E-state index contributed by atoms with van der Waals surface area (Å²) in [6.45, 7) is 4.29. The van der Waals surface area contributed by atoms with Gasteiger partial charge in [-0.2, -0.15) is 0 Å². The first-order chi connectivity index (χ1) is 11.5. The zero-order valence-electron chi connectivity index (χ0n) is 13.8. The van der Waals surface area contributed by atoms with Gasteiger partial charge in [0.15, 0.2) is 0 Å². The maximum atomic E-state index is 12.4. The average molecular weight is 347 g/mol. The van der Waals surface area contributed by atoms with Gasteiger partial charge in [-0.15, -0.1) is 0 Å². The van der Waals surface area contributed by atoms with Crippen LogP contribution in [0.15, 0.2) is 53.4 Å². The van der Waals surface area contributed by atoms with Gasteiger partial charge >= 0.3 is 5.97 Å². The lowest BCUT2D eigenvalue weighted by molar-refractivity contribution is 0.0505. The molecule has 0 amide bonds. The Balaban J connectivity index is 2.10. The summed E-state index contributed by atoms with van der Waals surface area (Å²) < 4.78 is 32.3. The van der Waals surface area contributed by atoms with Gasteiger partial charge in [0.25, 0.3) is 10.0 Å². The monoisotopic (exact) mass is 347 g/mol. The van der Waals surface area contributed by atoms with E-state index < -0.39 is 16.0 Å². The molecule has 0 aliphatic rings. The van der Waals surface area contributed by atoms with Crippen LogP contribution in [0.3, 0.4) is 0 Å². The Morgan fingerprint density at radius 1 is 1.00 bits per heavy atom. The van der Waals surface area contributed by atoms with Crippen LogP contribution in [0, 0.1) is 0 Å². The van der Waals surface area contributed by atoms with Crippen molar-refractivity contribution in [1.29, 1.82) is 0 Å². The van der Waals surface area contributed by atoms with Crippen molar-refractivity contribution in [3.8, 4) is 0 Å². The van der Waals surface area contributed by atoms with E-state index in [9.17, 15) is 13.2 Å². The van der Waals surface area contributed by atoms with E-state index in [-0.39, 0.29) is 4.90 Å². The second-order valence-electron chi connectivity index (χ2n) is 5.32. The van der Waals surface area contributed by atoms with Crippen LogP contribution in [-0.4, -0.2) is 21.0 Å². The standard InChI is InChI=1S/C18H21NO4S/c1-3-13-23-18(20)15-7-9-16(10-8-15)19-24(21,22)17-11-5-14(4-2)6-12-17/h5-12,19H,3-4,13H2,1-2H3. The minimum atomic E-state index is -3.65. The van der Waals surface area contributed by atoms with Crippen LogP contribution in [0.25, 0.3) is 0 Å². The highest BCUT2D eigenvalue weighted by atomic mass is 32.2. The van der Waals surface area contributed by atoms with Crippen molar-refractivity contribution < 1.29 is 17.9 Å². The van der Waals surface area contributed by atoms with Crippen molar-refractivity contribution in [3.63, 3.8) is 0 Å². The summed E-state index contributed by atoms with van der Waals surface area (Å²) in [5.74, 6) is -0.415. The van der Waals surface area contributed by atoms with Gasteiger partial charge in [-0.3, -0.25) is 4.72 Å². The molecule has 5 nitrogen and oxygen atoms in total. The van der Waals surface area contributed by atoms with Crippen LogP contribution in [0.5, 0.6) is 0 Å². The van der Waals surface area contributed by atoms with Crippen molar-refractivity contribution in [1.82, 2.24) is 0 Å². The predicted molar refractivity (Wildman–Crippen MR) is 93.6 cm³/mol. The Kier molecular flexibility index (Phi) is 5.98. The third-order valence-electron chi connectivity index (χ3n) is 3.45. The van der Waals surface area contributed by atoms with E-state index in [1.54, 1.807) is 36.4 Å². The van der Waals surface area contributed by atoms with Crippen LogP contribution in [0.2, 0.25) is 0 Å². The Hall–Kier alpha value is -2.34. The van der Waals surface area contributed by atoms with Crippen molar-refractivity contribution in [3.05, 3.63) is 59.7 Å². The fourth-order valence-electron chi connectivity index (χ4n) is 2.07. The molecule has 0 bridgehead atoms. The number of hydrogen-bond acceptors (Lipinski definition) is 4. The van der Waals surface area contributed by atoms with Crippen LogP contribution >= 0.6 is 0 Å². The van der Waals surface area contributed by atoms with Crippen molar-refractivity contribution in [2.24, 2.45) is 0 Å². The molecule has 0 saturated carbocycles. The number of benzene rings is 2. The fraction of sp³-hybridized carbons (Fsp3) is 0.278. The smallest absolute Gasteiger partial charge is 0.338 e. The molecule has 2 aromatic carbocycles. The molecule has 2 rings (SSSR count). The highest BCUT2D eigenvalue weighted by Gasteiger charge is 2.14. The van der Waals surface area contributed by atoms with E-state index >= 15 is 0 Å². The van der Waals surface area contributed by atoms with Gasteiger partial charge in [-0.25, -0.2) is 13.2 Å². The number of anilines is 1. The highest BCUT2D eigenvalue weighted by molar-refractivity contribution is 7.92. The van der Waals surface area contributed by atoms with Gasteiger partial charge in [0.2, 0.25) is 0 Å². The third kappa shape index (κ3) is 4.58. The summed E-state index contributed by atoms with van der Waals surface area (Å²) in [4.78, 5) is 11.9. The Morgan fingerprint density at radius 3 is 2.17 bits per heavy atom. The number of aryl methyl sites for hydroxylation is 1. The SMILES string of the molecule is CCCOC(=O)c1ccc(NS(=O)(=O)c2ccc(CC)cc2)cc1. The summed E-state index contributed by atoms with van der Waals surface area (Å²) >= 11 is 0. The third-order valence-corrected chi connectivity index (χ3v) is 4.85. The first kappa shape index (κ1) is 18.0. The van der Waals surface area contributed by atoms with E-state index in [2.05, 4.69) is 4.72 Å². The first-order valence-corrected chi connectivity index (χ1v) is 9.33. The Labute approximate surface area is 142 Å². The van der Waals surface area contributed by atoms with E-state index in [1.165, 1.54) is 12.1 Å². The summed E-state index contributed by atoms with van der Waals surface area (Å²) in [5.41, 5.74) is 1.85. The molecular weight excluding hydrogens is 326 g/mol. The van der Waals surface area contributed by atoms with Gasteiger partial charge in [0, 0.05) is 5.69 Å². The number of nitrogens with one attached hydrogen (secondary N) is 1. The van der Waals surface area contributed by atoms with Crippen molar-refractivity contribution in [2.75, 3.05) is 11.3 Å². The molecule has 128 valence electrons. The molecule has 0 aromatic heterocycles. The molecule has 0 spiro atoms. The molecule has 24 heavy (non-hydrogen) atoms. The number of carbonyl (C=O) groups excluding carboxylic acids is 1. The average Bonchev–Trinajstić information content (AvgIpc) is 2.60. The van der Waals surface area contributed by atoms with Gasteiger partial charge < -0.3 is 4.74 Å². The zero-order valence-corrected chi connectivity index (χ0v) is 14.6. The molecule has 0 radical (unpaired) electrons. The quantitative estimate of drug-likeness (QED) is 0.777. The molecular formula is C18H21NO4S. The summed E-state index contributed by atoms with van der Waals surface area (Å²) in [5, 5.41) is 0.